The first-order valence-electron chi connectivity index (χ1n) is 11.3. The number of H-pyrrole nitrogens is 1. The van der Waals surface area contributed by atoms with Crippen LogP contribution in [-0.2, 0) is 17.8 Å². The van der Waals surface area contributed by atoms with Crippen LogP contribution >= 0.6 is 0 Å². The maximum atomic E-state index is 13.0. The molecule has 0 aliphatic carbocycles. The second-order valence-electron chi connectivity index (χ2n) is 8.96. The first-order chi connectivity index (χ1) is 15.4. The molecule has 2 aromatic carbocycles. The zero-order valence-electron chi connectivity index (χ0n) is 19.4. The number of hydrogen-bond acceptors (Lipinski definition) is 2. The first-order valence-corrected chi connectivity index (χ1v) is 11.3. The fourth-order valence-electron chi connectivity index (χ4n) is 4.43. The molecular weight excluding hydrogens is 396 g/mol. The summed E-state index contributed by atoms with van der Waals surface area (Å²) in [6.45, 7) is 9.82. The van der Waals surface area contributed by atoms with Gasteiger partial charge in [-0.1, -0.05) is 62.4 Å². The predicted octanol–water partition coefficient (Wildman–Crippen LogP) is 5.13. The van der Waals surface area contributed by atoms with Gasteiger partial charge in [-0.05, 0) is 37.0 Å². The van der Waals surface area contributed by atoms with Crippen molar-refractivity contribution in [2.45, 2.75) is 46.6 Å². The van der Waals surface area contributed by atoms with Crippen LogP contribution in [0.3, 0.4) is 0 Å². The van der Waals surface area contributed by atoms with E-state index in [9.17, 15) is 4.79 Å². The van der Waals surface area contributed by atoms with Crippen LogP contribution in [0, 0.1) is 19.8 Å². The predicted molar refractivity (Wildman–Crippen MR) is 130 cm³/mol. The second kappa shape index (κ2) is 9.43. The highest BCUT2D eigenvalue weighted by atomic mass is 16.1. The first kappa shape index (κ1) is 21.9. The van der Waals surface area contributed by atoms with E-state index in [4.69, 9.17) is 0 Å². The summed E-state index contributed by atoms with van der Waals surface area (Å²) < 4.78 is 2.03. The van der Waals surface area contributed by atoms with Crippen molar-refractivity contribution >= 4 is 16.8 Å². The molecular formula is C27H32N4O. The molecule has 0 fully saturated rings. The molecule has 2 aromatic heterocycles. The van der Waals surface area contributed by atoms with Gasteiger partial charge in [-0.3, -0.25) is 9.48 Å². The zero-order chi connectivity index (χ0) is 22.7. The van der Waals surface area contributed by atoms with Crippen molar-refractivity contribution in [3.05, 3.63) is 88.9 Å². The summed E-state index contributed by atoms with van der Waals surface area (Å²) in [5.41, 5.74) is 6.56. The Bertz CT molecular complexity index is 1200. The van der Waals surface area contributed by atoms with Gasteiger partial charge in [0, 0.05) is 47.4 Å². The summed E-state index contributed by atoms with van der Waals surface area (Å²) in [4.78, 5) is 16.3. The Morgan fingerprint density at radius 1 is 1.06 bits per heavy atom. The number of carbonyl (C=O) groups excluding carboxylic acids is 1. The van der Waals surface area contributed by atoms with Crippen LogP contribution in [0.2, 0.25) is 0 Å². The van der Waals surface area contributed by atoms with Crippen LogP contribution in [0.4, 0.5) is 0 Å². The van der Waals surface area contributed by atoms with Crippen LogP contribution in [-0.4, -0.2) is 27.2 Å². The molecule has 0 unspecified atom stereocenters. The maximum absolute atomic E-state index is 13.0. The number of fused-ring (bicyclic) bond motifs is 1. The number of aromatic amines is 1. The van der Waals surface area contributed by atoms with E-state index in [0.29, 0.717) is 18.9 Å². The molecule has 32 heavy (non-hydrogen) atoms. The number of benzene rings is 2. The average molecular weight is 429 g/mol. The van der Waals surface area contributed by atoms with Gasteiger partial charge < -0.3 is 10.3 Å². The van der Waals surface area contributed by atoms with Gasteiger partial charge in [0.05, 0.1) is 12.1 Å². The Kier molecular flexibility index (Phi) is 6.45. The number of amides is 1. The lowest BCUT2D eigenvalue weighted by Gasteiger charge is -2.18. The minimum atomic E-state index is 0.0288. The zero-order valence-corrected chi connectivity index (χ0v) is 19.4. The van der Waals surface area contributed by atoms with Crippen LogP contribution in [0.15, 0.2) is 60.8 Å². The summed E-state index contributed by atoms with van der Waals surface area (Å²) >= 11 is 0. The highest BCUT2D eigenvalue weighted by Crippen LogP contribution is 2.30. The van der Waals surface area contributed by atoms with Gasteiger partial charge in [0.25, 0.3) is 0 Å². The minimum absolute atomic E-state index is 0.0288. The standard InChI is InChI=1S/C27H32N4O/c1-18(2)17-31-20(4)23(19(3)30-31)14-27(32)29-15-24(21-10-6-5-7-11-21)25-16-28-26-13-9-8-12-22(25)26/h5-13,16,18,24,28H,14-15,17H2,1-4H3,(H,29,32)/t24-/m1/s1. The van der Waals surface area contributed by atoms with Gasteiger partial charge >= 0.3 is 0 Å². The molecule has 0 radical (unpaired) electrons. The number of para-hydroxylation sites is 1. The summed E-state index contributed by atoms with van der Waals surface area (Å²) in [5.74, 6) is 0.612. The van der Waals surface area contributed by atoms with Crippen LogP contribution in [0.25, 0.3) is 10.9 Å². The molecule has 0 aliphatic heterocycles. The van der Waals surface area contributed by atoms with Gasteiger partial charge in [-0.25, -0.2) is 0 Å². The quantitative estimate of drug-likeness (QED) is 0.409. The Balaban J connectivity index is 1.53. The summed E-state index contributed by atoms with van der Waals surface area (Å²) in [5, 5.41) is 9.04. The van der Waals surface area contributed by atoms with Crippen LogP contribution < -0.4 is 5.32 Å². The number of carbonyl (C=O) groups is 1. The van der Waals surface area contributed by atoms with Crippen molar-refractivity contribution in [1.29, 1.82) is 0 Å². The molecule has 0 saturated heterocycles. The topological polar surface area (TPSA) is 62.7 Å². The van der Waals surface area contributed by atoms with Crippen molar-refractivity contribution < 1.29 is 4.79 Å². The monoisotopic (exact) mass is 428 g/mol. The van der Waals surface area contributed by atoms with E-state index in [-0.39, 0.29) is 11.8 Å². The summed E-state index contributed by atoms with van der Waals surface area (Å²) in [6, 6.07) is 18.7. The molecule has 0 spiro atoms. The van der Waals surface area contributed by atoms with E-state index >= 15 is 0 Å². The van der Waals surface area contributed by atoms with E-state index in [1.54, 1.807) is 0 Å². The molecule has 2 N–H and O–H groups in total. The Morgan fingerprint density at radius 3 is 2.53 bits per heavy atom. The Labute approximate surface area is 189 Å². The molecule has 4 rings (SSSR count). The van der Waals surface area contributed by atoms with Crippen molar-refractivity contribution in [2.75, 3.05) is 6.54 Å². The smallest absolute Gasteiger partial charge is 0.224 e. The van der Waals surface area contributed by atoms with Crippen LogP contribution in [0.1, 0.15) is 47.8 Å². The second-order valence-corrected chi connectivity index (χ2v) is 8.96. The van der Waals surface area contributed by atoms with E-state index in [1.165, 1.54) is 16.5 Å². The van der Waals surface area contributed by atoms with Crippen molar-refractivity contribution in [3.63, 3.8) is 0 Å². The number of rotatable bonds is 8. The van der Waals surface area contributed by atoms with Crippen LogP contribution in [0.5, 0.6) is 0 Å². The Morgan fingerprint density at radius 2 is 1.78 bits per heavy atom. The third kappa shape index (κ3) is 4.62. The number of hydrogen-bond donors (Lipinski definition) is 2. The van der Waals surface area contributed by atoms with Gasteiger partial charge in [0.1, 0.15) is 0 Å². The largest absolute Gasteiger partial charge is 0.361 e. The van der Waals surface area contributed by atoms with Gasteiger partial charge in [-0.2, -0.15) is 5.10 Å². The lowest BCUT2D eigenvalue weighted by Crippen LogP contribution is -2.30. The lowest BCUT2D eigenvalue weighted by atomic mass is 9.91. The van der Waals surface area contributed by atoms with E-state index in [0.717, 1.165) is 29.0 Å². The molecule has 0 bridgehead atoms. The number of nitrogens with one attached hydrogen (secondary N) is 2. The van der Waals surface area contributed by atoms with E-state index in [2.05, 4.69) is 84.8 Å². The van der Waals surface area contributed by atoms with Gasteiger partial charge in [-0.15, -0.1) is 0 Å². The van der Waals surface area contributed by atoms with Crippen molar-refractivity contribution in [2.24, 2.45) is 5.92 Å². The molecule has 166 valence electrons. The average Bonchev–Trinajstić information content (AvgIpc) is 3.31. The Hall–Kier alpha value is -3.34. The normalized spacial score (nSPS) is 12.4. The summed E-state index contributed by atoms with van der Waals surface area (Å²) in [6.07, 6.45) is 2.42. The van der Waals surface area contributed by atoms with Gasteiger partial charge in [0.15, 0.2) is 0 Å². The highest BCUT2D eigenvalue weighted by molar-refractivity contribution is 5.84. The van der Waals surface area contributed by atoms with E-state index < -0.39 is 0 Å². The number of nitrogens with zero attached hydrogens (tertiary/aromatic N) is 2. The maximum Gasteiger partial charge on any atom is 0.224 e. The molecule has 0 aliphatic rings. The minimum Gasteiger partial charge on any atom is -0.361 e. The fourth-order valence-corrected chi connectivity index (χ4v) is 4.43. The SMILES string of the molecule is Cc1nn(CC(C)C)c(C)c1CC(=O)NC[C@H](c1ccccc1)c1c[nH]c2ccccc12. The molecule has 2 heterocycles. The molecule has 5 heteroatoms. The van der Waals surface area contributed by atoms with Crippen molar-refractivity contribution in [3.8, 4) is 0 Å². The fraction of sp³-hybridized carbons (Fsp3) is 0.333. The molecule has 1 amide bonds. The van der Waals surface area contributed by atoms with Crippen molar-refractivity contribution in [1.82, 2.24) is 20.1 Å². The molecule has 1 atom stereocenters. The molecule has 5 nitrogen and oxygen atoms in total. The third-order valence-electron chi connectivity index (χ3n) is 6.11. The third-order valence-corrected chi connectivity index (χ3v) is 6.11. The van der Waals surface area contributed by atoms with E-state index in [1.807, 2.05) is 23.7 Å². The lowest BCUT2D eigenvalue weighted by molar-refractivity contribution is -0.120. The molecule has 4 aromatic rings. The molecule has 0 saturated carbocycles. The summed E-state index contributed by atoms with van der Waals surface area (Å²) in [7, 11) is 0. The number of aryl methyl sites for hydroxylation is 1. The highest BCUT2D eigenvalue weighted by Gasteiger charge is 2.20. The number of aromatic nitrogens is 3. The van der Waals surface area contributed by atoms with Gasteiger partial charge in [0.2, 0.25) is 5.91 Å².